The number of amides is 1. The Hall–Kier alpha value is -0.690. The molecule has 28 heavy (non-hydrogen) atoms. The second-order valence-corrected chi connectivity index (χ2v) is 7.98. The van der Waals surface area contributed by atoms with Crippen molar-refractivity contribution in [1.82, 2.24) is 5.32 Å². The summed E-state index contributed by atoms with van der Waals surface area (Å²) < 4.78 is 0. The van der Waals surface area contributed by atoms with Crippen molar-refractivity contribution in [3.8, 4) is 0 Å². The molecule has 0 aliphatic heterocycles. The summed E-state index contributed by atoms with van der Waals surface area (Å²) in [4.78, 5) is 12.1. The molecule has 0 fully saturated rings. The minimum Gasteiger partial charge on any atom is -0.394 e. The van der Waals surface area contributed by atoms with Gasteiger partial charge >= 0.3 is 0 Å². The van der Waals surface area contributed by atoms with Gasteiger partial charge in [-0.05, 0) is 12.8 Å². The Bertz CT molecular complexity index is 367. The average Bonchev–Trinajstić information content (AvgIpc) is 2.70. The van der Waals surface area contributed by atoms with Crippen molar-refractivity contribution in [3.05, 3.63) is 0 Å². The number of hydrogen-bond donors (Lipinski definition) is 5. The van der Waals surface area contributed by atoms with Crippen LogP contribution in [-0.4, -0.2) is 57.3 Å². The Labute approximate surface area is 171 Å². The first-order chi connectivity index (χ1) is 13.5. The quantitative estimate of drug-likeness (QED) is 0.213. The van der Waals surface area contributed by atoms with Crippen molar-refractivity contribution in [3.63, 3.8) is 0 Å². The summed E-state index contributed by atoms with van der Waals surface area (Å²) in [6, 6.07) is -0.971. The van der Waals surface area contributed by atoms with E-state index < -0.39 is 36.9 Å². The lowest BCUT2D eigenvalue weighted by molar-refractivity contribution is -0.132. The normalized spacial score (nSPS) is 15.8. The molecule has 0 aliphatic rings. The molecule has 0 bridgehead atoms. The molecule has 6 heteroatoms. The van der Waals surface area contributed by atoms with Crippen LogP contribution in [0.2, 0.25) is 0 Å². The highest BCUT2D eigenvalue weighted by atomic mass is 16.3. The zero-order valence-electron chi connectivity index (χ0n) is 18.1. The second kappa shape index (κ2) is 18.3. The third-order valence-corrected chi connectivity index (χ3v) is 5.32. The van der Waals surface area contributed by atoms with Crippen LogP contribution in [0.1, 0.15) is 104 Å². The minimum atomic E-state index is -1.25. The van der Waals surface area contributed by atoms with Gasteiger partial charge < -0.3 is 25.7 Å². The molecule has 0 spiro atoms. The van der Waals surface area contributed by atoms with Crippen molar-refractivity contribution in [2.24, 2.45) is 0 Å². The molecule has 0 heterocycles. The van der Waals surface area contributed by atoms with Gasteiger partial charge in [0.15, 0.2) is 0 Å². The largest absolute Gasteiger partial charge is 0.394 e. The SMILES string of the molecule is CCCCCCCCCCCCC(O)C(=O)NC(CO)C(O)C(O)CCCC. The van der Waals surface area contributed by atoms with Gasteiger partial charge in [0.1, 0.15) is 12.2 Å². The Balaban J connectivity index is 3.91. The van der Waals surface area contributed by atoms with Gasteiger partial charge in [0.05, 0.1) is 18.8 Å². The van der Waals surface area contributed by atoms with Gasteiger partial charge in [-0.1, -0.05) is 90.9 Å². The fraction of sp³-hybridized carbons (Fsp3) is 0.955. The molecule has 6 nitrogen and oxygen atoms in total. The molecule has 0 saturated heterocycles. The van der Waals surface area contributed by atoms with Crippen molar-refractivity contribution in [2.45, 2.75) is 128 Å². The number of carbonyl (C=O) groups is 1. The van der Waals surface area contributed by atoms with E-state index in [4.69, 9.17) is 0 Å². The van der Waals surface area contributed by atoms with E-state index in [9.17, 15) is 25.2 Å². The Morgan fingerprint density at radius 3 is 1.75 bits per heavy atom. The van der Waals surface area contributed by atoms with Crippen molar-refractivity contribution >= 4 is 5.91 Å². The molecule has 0 aromatic rings. The van der Waals surface area contributed by atoms with Crippen LogP contribution in [0.4, 0.5) is 0 Å². The fourth-order valence-corrected chi connectivity index (χ4v) is 3.33. The molecule has 0 aliphatic carbocycles. The number of aliphatic hydroxyl groups is 4. The highest BCUT2D eigenvalue weighted by molar-refractivity contribution is 5.80. The molecule has 0 rings (SSSR count). The summed E-state index contributed by atoms with van der Waals surface area (Å²) in [5.74, 6) is -0.600. The standard InChI is InChI=1S/C22H45NO5/c1-3-5-7-8-9-10-11-12-13-14-16-20(26)22(28)23-18(17-24)21(27)19(25)15-6-4-2/h18-21,24-27H,3-17H2,1-2H3,(H,23,28). The summed E-state index contributed by atoms with van der Waals surface area (Å²) in [5.41, 5.74) is 0. The maximum Gasteiger partial charge on any atom is 0.249 e. The van der Waals surface area contributed by atoms with E-state index in [-0.39, 0.29) is 0 Å². The van der Waals surface area contributed by atoms with E-state index in [2.05, 4.69) is 12.2 Å². The number of rotatable bonds is 19. The first-order valence-electron chi connectivity index (χ1n) is 11.4. The summed E-state index contributed by atoms with van der Waals surface area (Å²) in [6.07, 6.45) is 10.9. The average molecular weight is 404 g/mol. The van der Waals surface area contributed by atoms with E-state index in [0.717, 1.165) is 32.1 Å². The third kappa shape index (κ3) is 13.5. The third-order valence-electron chi connectivity index (χ3n) is 5.32. The summed E-state index contributed by atoms with van der Waals surface area (Å²) >= 11 is 0. The molecule has 0 saturated carbocycles. The molecule has 0 aromatic heterocycles. The van der Waals surface area contributed by atoms with Gasteiger partial charge in [0.25, 0.3) is 0 Å². The number of nitrogens with one attached hydrogen (secondary N) is 1. The molecule has 4 unspecified atom stereocenters. The molecule has 1 amide bonds. The number of aliphatic hydroxyl groups excluding tert-OH is 4. The lowest BCUT2D eigenvalue weighted by atomic mass is 10.0. The van der Waals surface area contributed by atoms with Crippen molar-refractivity contribution in [1.29, 1.82) is 0 Å². The maximum absolute atomic E-state index is 12.1. The van der Waals surface area contributed by atoms with E-state index in [1.165, 1.54) is 44.9 Å². The van der Waals surface area contributed by atoms with Crippen LogP contribution < -0.4 is 5.32 Å². The van der Waals surface area contributed by atoms with Crippen LogP contribution in [-0.2, 0) is 4.79 Å². The van der Waals surface area contributed by atoms with Crippen LogP contribution in [0.3, 0.4) is 0 Å². The van der Waals surface area contributed by atoms with E-state index >= 15 is 0 Å². The highest BCUT2D eigenvalue weighted by Gasteiger charge is 2.28. The number of unbranched alkanes of at least 4 members (excludes halogenated alkanes) is 10. The summed E-state index contributed by atoms with van der Waals surface area (Å²) in [5, 5.41) is 41.9. The van der Waals surface area contributed by atoms with Crippen LogP contribution in [0, 0.1) is 0 Å². The predicted octanol–water partition coefficient (Wildman–Crippen LogP) is 3.05. The van der Waals surface area contributed by atoms with Crippen LogP contribution in [0.5, 0.6) is 0 Å². The molecule has 0 aromatic carbocycles. The van der Waals surface area contributed by atoms with E-state index in [0.29, 0.717) is 12.8 Å². The van der Waals surface area contributed by atoms with E-state index in [1.807, 2.05) is 6.92 Å². The summed E-state index contributed by atoms with van der Waals surface area (Å²) in [6.45, 7) is 3.72. The first kappa shape index (κ1) is 27.3. The van der Waals surface area contributed by atoms with Gasteiger partial charge in [0, 0.05) is 0 Å². The van der Waals surface area contributed by atoms with E-state index in [1.54, 1.807) is 0 Å². The Morgan fingerprint density at radius 2 is 1.25 bits per heavy atom. The molecule has 5 N–H and O–H groups in total. The smallest absolute Gasteiger partial charge is 0.249 e. The number of hydrogen-bond acceptors (Lipinski definition) is 5. The molecule has 0 radical (unpaired) electrons. The zero-order valence-corrected chi connectivity index (χ0v) is 18.1. The first-order valence-corrected chi connectivity index (χ1v) is 11.4. The predicted molar refractivity (Wildman–Crippen MR) is 113 cm³/mol. The minimum absolute atomic E-state index is 0.370. The number of carbonyl (C=O) groups excluding carboxylic acids is 1. The van der Waals surface area contributed by atoms with Gasteiger partial charge in [0.2, 0.25) is 5.91 Å². The van der Waals surface area contributed by atoms with Crippen molar-refractivity contribution < 1.29 is 25.2 Å². The second-order valence-electron chi connectivity index (χ2n) is 7.98. The monoisotopic (exact) mass is 403 g/mol. The Kier molecular flexibility index (Phi) is 17.9. The van der Waals surface area contributed by atoms with Gasteiger partial charge in [-0.15, -0.1) is 0 Å². The maximum atomic E-state index is 12.1. The topological polar surface area (TPSA) is 110 Å². The molecular weight excluding hydrogens is 358 g/mol. The fourth-order valence-electron chi connectivity index (χ4n) is 3.33. The highest BCUT2D eigenvalue weighted by Crippen LogP contribution is 2.13. The van der Waals surface area contributed by atoms with Gasteiger partial charge in [-0.3, -0.25) is 4.79 Å². The van der Waals surface area contributed by atoms with Crippen molar-refractivity contribution in [2.75, 3.05) is 6.61 Å². The van der Waals surface area contributed by atoms with Crippen LogP contribution in [0.15, 0.2) is 0 Å². The summed E-state index contributed by atoms with van der Waals surface area (Å²) in [7, 11) is 0. The zero-order chi connectivity index (χ0) is 21.2. The molecule has 168 valence electrons. The Morgan fingerprint density at radius 1 is 0.750 bits per heavy atom. The van der Waals surface area contributed by atoms with Crippen LogP contribution in [0.25, 0.3) is 0 Å². The molecular formula is C22H45NO5. The molecule has 4 atom stereocenters. The lowest BCUT2D eigenvalue weighted by Crippen LogP contribution is -2.53. The lowest BCUT2D eigenvalue weighted by Gasteiger charge is -2.27. The van der Waals surface area contributed by atoms with Gasteiger partial charge in [-0.2, -0.15) is 0 Å². The van der Waals surface area contributed by atoms with Crippen LogP contribution >= 0.6 is 0 Å². The van der Waals surface area contributed by atoms with Gasteiger partial charge in [-0.25, -0.2) is 0 Å².